The highest BCUT2D eigenvalue weighted by atomic mass is 16.7. The van der Waals surface area contributed by atoms with Crippen LogP contribution in [0.15, 0.2) is 18.2 Å². The molecule has 1 aliphatic rings. The van der Waals surface area contributed by atoms with E-state index in [1.165, 1.54) is 13.2 Å². The number of aliphatic hydroxyl groups excluding tert-OH is 4. The van der Waals surface area contributed by atoms with Crippen molar-refractivity contribution >= 4 is 5.97 Å². The molecule has 25 heavy (non-hydrogen) atoms. The number of carbonyl (C=O) groups is 1. The van der Waals surface area contributed by atoms with Crippen LogP contribution in [0, 0.1) is 0 Å². The topological polar surface area (TPSA) is 146 Å². The van der Waals surface area contributed by atoms with E-state index in [-0.39, 0.29) is 18.6 Å². The monoisotopic (exact) mass is 358 g/mol. The first-order valence-electron chi connectivity index (χ1n) is 7.73. The van der Waals surface area contributed by atoms with Gasteiger partial charge in [-0.3, -0.25) is 4.79 Å². The molecule has 0 amide bonds. The largest absolute Gasteiger partial charge is 0.497 e. The standard InChI is InChI=1S/C16H22O9/c1-23-9-4-2-8(3-5-12(18)19)10(6-9)24-16-15(22)14(21)13(20)11(7-17)25-16/h2,4,6,11,13-17,20-22H,3,5,7H2,1H3,(H,18,19)/t11-,13-,14+,15-,16+/m1/s1. The molecule has 5 N–H and O–H groups in total. The van der Waals surface area contributed by atoms with Crippen LogP contribution in [0.1, 0.15) is 12.0 Å². The number of ether oxygens (including phenoxy) is 3. The minimum Gasteiger partial charge on any atom is -0.497 e. The van der Waals surface area contributed by atoms with Gasteiger partial charge in [0.2, 0.25) is 6.29 Å². The Balaban J connectivity index is 2.22. The molecule has 0 aromatic heterocycles. The van der Waals surface area contributed by atoms with E-state index in [0.717, 1.165) is 0 Å². The van der Waals surface area contributed by atoms with Crippen molar-refractivity contribution in [2.45, 2.75) is 43.5 Å². The lowest BCUT2D eigenvalue weighted by atomic mass is 9.99. The van der Waals surface area contributed by atoms with E-state index >= 15 is 0 Å². The molecule has 0 aliphatic carbocycles. The lowest BCUT2D eigenvalue weighted by Crippen LogP contribution is -2.60. The van der Waals surface area contributed by atoms with Gasteiger partial charge in [0.15, 0.2) is 0 Å². The molecule has 0 spiro atoms. The van der Waals surface area contributed by atoms with Crippen molar-refractivity contribution in [1.29, 1.82) is 0 Å². The average Bonchev–Trinajstić information content (AvgIpc) is 2.60. The number of benzene rings is 1. The van der Waals surface area contributed by atoms with Crippen molar-refractivity contribution in [3.05, 3.63) is 23.8 Å². The van der Waals surface area contributed by atoms with E-state index in [9.17, 15) is 25.2 Å². The predicted molar refractivity (Wildman–Crippen MR) is 83.3 cm³/mol. The molecule has 140 valence electrons. The van der Waals surface area contributed by atoms with Crippen molar-refractivity contribution < 1.29 is 44.5 Å². The van der Waals surface area contributed by atoms with Gasteiger partial charge >= 0.3 is 5.97 Å². The lowest BCUT2D eigenvalue weighted by Gasteiger charge is -2.39. The normalized spacial score (nSPS) is 29.2. The van der Waals surface area contributed by atoms with Crippen molar-refractivity contribution in [2.24, 2.45) is 0 Å². The molecule has 5 atom stereocenters. The van der Waals surface area contributed by atoms with Gasteiger partial charge in [-0.25, -0.2) is 0 Å². The van der Waals surface area contributed by atoms with Crippen LogP contribution in [0.2, 0.25) is 0 Å². The van der Waals surface area contributed by atoms with E-state index in [0.29, 0.717) is 11.3 Å². The maximum atomic E-state index is 10.8. The summed E-state index contributed by atoms with van der Waals surface area (Å²) >= 11 is 0. The second kappa shape index (κ2) is 8.45. The first-order chi connectivity index (χ1) is 11.9. The van der Waals surface area contributed by atoms with Crippen LogP contribution in [-0.2, 0) is 16.0 Å². The average molecular weight is 358 g/mol. The SMILES string of the molecule is COc1ccc(CCC(=O)O)c(O[C@H]2O[C@H](CO)[C@@H](O)[C@H](O)[C@H]2O)c1. The Morgan fingerprint density at radius 1 is 1.20 bits per heavy atom. The third-order valence-electron chi connectivity index (χ3n) is 3.97. The van der Waals surface area contributed by atoms with Crippen LogP contribution < -0.4 is 9.47 Å². The first-order valence-corrected chi connectivity index (χ1v) is 7.73. The molecule has 9 nitrogen and oxygen atoms in total. The Bertz CT molecular complexity index is 589. The summed E-state index contributed by atoms with van der Waals surface area (Å²) in [6.45, 7) is -0.575. The zero-order chi connectivity index (χ0) is 18.6. The Morgan fingerprint density at radius 2 is 1.92 bits per heavy atom. The summed E-state index contributed by atoms with van der Waals surface area (Å²) in [5.74, 6) is -0.321. The zero-order valence-electron chi connectivity index (χ0n) is 13.6. The molecule has 1 aliphatic heterocycles. The van der Waals surface area contributed by atoms with Gasteiger partial charge in [0.25, 0.3) is 0 Å². The Kier molecular flexibility index (Phi) is 6.57. The molecule has 9 heteroatoms. The first kappa shape index (κ1) is 19.4. The molecule has 1 aromatic rings. The van der Waals surface area contributed by atoms with E-state index in [1.807, 2.05) is 0 Å². The minimum atomic E-state index is -1.57. The van der Waals surface area contributed by atoms with Gasteiger partial charge in [-0.05, 0) is 18.1 Å². The molecule has 0 saturated carbocycles. The molecule has 1 heterocycles. The molecular formula is C16H22O9. The molecular weight excluding hydrogens is 336 g/mol. The summed E-state index contributed by atoms with van der Waals surface area (Å²) in [4.78, 5) is 10.8. The summed E-state index contributed by atoms with van der Waals surface area (Å²) in [7, 11) is 1.45. The van der Waals surface area contributed by atoms with E-state index in [1.54, 1.807) is 12.1 Å². The molecule has 0 unspecified atom stereocenters. The smallest absolute Gasteiger partial charge is 0.303 e. The third-order valence-corrected chi connectivity index (χ3v) is 3.97. The molecule has 0 bridgehead atoms. The van der Waals surface area contributed by atoms with Crippen LogP contribution in [0.3, 0.4) is 0 Å². The fraction of sp³-hybridized carbons (Fsp3) is 0.562. The van der Waals surface area contributed by atoms with Crippen molar-refractivity contribution in [3.63, 3.8) is 0 Å². The third kappa shape index (κ3) is 4.59. The maximum absolute atomic E-state index is 10.8. The number of aliphatic carboxylic acids is 1. The van der Waals surface area contributed by atoms with E-state index in [4.69, 9.17) is 19.3 Å². The highest BCUT2D eigenvalue weighted by Crippen LogP contribution is 2.30. The minimum absolute atomic E-state index is 0.128. The zero-order valence-corrected chi connectivity index (χ0v) is 13.6. The Labute approximate surface area is 144 Å². The number of rotatable bonds is 7. The van der Waals surface area contributed by atoms with Crippen molar-refractivity contribution in [2.75, 3.05) is 13.7 Å². The summed E-state index contributed by atoms with van der Waals surface area (Å²) in [5, 5.41) is 47.7. The fourth-order valence-electron chi connectivity index (χ4n) is 2.51. The molecule has 1 saturated heterocycles. The van der Waals surface area contributed by atoms with Gasteiger partial charge in [0.05, 0.1) is 13.7 Å². The van der Waals surface area contributed by atoms with Crippen LogP contribution in [-0.4, -0.2) is 75.9 Å². The molecule has 0 radical (unpaired) electrons. The number of hydrogen-bond donors (Lipinski definition) is 5. The van der Waals surface area contributed by atoms with Crippen molar-refractivity contribution in [3.8, 4) is 11.5 Å². The van der Waals surface area contributed by atoms with Crippen LogP contribution >= 0.6 is 0 Å². The van der Waals surface area contributed by atoms with Crippen LogP contribution in [0.5, 0.6) is 11.5 Å². The van der Waals surface area contributed by atoms with Gasteiger partial charge in [0.1, 0.15) is 35.9 Å². The summed E-state index contributed by atoms with van der Waals surface area (Å²) in [6.07, 6.45) is -7.02. The van der Waals surface area contributed by atoms with Gasteiger partial charge in [-0.2, -0.15) is 0 Å². The number of carboxylic acid groups (broad SMARTS) is 1. The summed E-state index contributed by atoms with van der Waals surface area (Å²) in [5.41, 5.74) is 0.542. The van der Waals surface area contributed by atoms with Gasteiger partial charge in [0, 0.05) is 12.5 Å². The number of methoxy groups -OCH3 is 1. The highest BCUT2D eigenvalue weighted by molar-refractivity contribution is 5.67. The molecule has 1 aromatic carbocycles. The second-order valence-electron chi connectivity index (χ2n) is 5.68. The molecule has 1 fully saturated rings. The fourth-order valence-corrected chi connectivity index (χ4v) is 2.51. The summed E-state index contributed by atoms with van der Waals surface area (Å²) in [6, 6.07) is 4.76. The maximum Gasteiger partial charge on any atom is 0.303 e. The number of aliphatic hydroxyl groups is 4. The van der Waals surface area contributed by atoms with Gasteiger partial charge in [-0.15, -0.1) is 0 Å². The van der Waals surface area contributed by atoms with E-state index in [2.05, 4.69) is 0 Å². The quantitative estimate of drug-likeness (QED) is 0.409. The number of aryl methyl sites for hydroxylation is 1. The predicted octanol–water partition coefficient (Wildman–Crippen LogP) is -1.11. The molecule has 2 rings (SSSR count). The van der Waals surface area contributed by atoms with Crippen molar-refractivity contribution in [1.82, 2.24) is 0 Å². The summed E-state index contributed by atoms with van der Waals surface area (Å²) < 4.78 is 16.0. The number of hydrogen-bond acceptors (Lipinski definition) is 8. The lowest BCUT2D eigenvalue weighted by molar-refractivity contribution is -0.277. The Hall–Kier alpha value is -1.91. The Morgan fingerprint density at radius 3 is 2.52 bits per heavy atom. The van der Waals surface area contributed by atoms with Crippen LogP contribution in [0.25, 0.3) is 0 Å². The van der Waals surface area contributed by atoms with Gasteiger partial charge < -0.3 is 39.7 Å². The number of carboxylic acids is 1. The second-order valence-corrected chi connectivity index (χ2v) is 5.68. The highest BCUT2D eigenvalue weighted by Gasteiger charge is 2.44. The van der Waals surface area contributed by atoms with Gasteiger partial charge in [-0.1, -0.05) is 6.07 Å². The van der Waals surface area contributed by atoms with Crippen LogP contribution in [0.4, 0.5) is 0 Å². The van der Waals surface area contributed by atoms with E-state index < -0.39 is 43.3 Å².